The lowest BCUT2D eigenvalue weighted by Gasteiger charge is -2.21. The quantitative estimate of drug-likeness (QED) is 0.798. The summed E-state index contributed by atoms with van der Waals surface area (Å²) in [7, 11) is 0. The molecular formula is C16H24N2O. The number of carbonyl (C=O) groups is 1. The van der Waals surface area contributed by atoms with E-state index >= 15 is 0 Å². The van der Waals surface area contributed by atoms with Gasteiger partial charge in [-0.05, 0) is 43.4 Å². The fourth-order valence-electron chi connectivity index (χ4n) is 2.97. The van der Waals surface area contributed by atoms with Crippen molar-refractivity contribution in [2.45, 2.75) is 51.5 Å². The molecule has 19 heavy (non-hydrogen) atoms. The Morgan fingerprint density at radius 3 is 3.00 bits per heavy atom. The monoisotopic (exact) mass is 260 g/mol. The number of anilines is 1. The maximum atomic E-state index is 12.2. The van der Waals surface area contributed by atoms with Gasteiger partial charge in [-0.25, -0.2) is 0 Å². The van der Waals surface area contributed by atoms with E-state index in [0.29, 0.717) is 23.2 Å². The van der Waals surface area contributed by atoms with Crippen LogP contribution in [0.3, 0.4) is 0 Å². The van der Waals surface area contributed by atoms with Gasteiger partial charge in [0.2, 0.25) is 0 Å². The Balaban J connectivity index is 1.94. The van der Waals surface area contributed by atoms with Gasteiger partial charge in [0, 0.05) is 17.3 Å². The summed E-state index contributed by atoms with van der Waals surface area (Å²) in [6.07, 6.45) is 7.32. The maximum absolute atomic E-state index is 12.2. The molecule has 1 aliphatic rings. The molecule has 3 N–H and O–H groups in total. The van der Waals surface area contributed by atoms with Gasteiger partial charge in [0.05, 0.1) is 0 Å². The highest BCUT2D eigenvalue weighted by Gasteiger charge is 2.28. The molecule has 1 aromatic rings. The molecule has 0 bridgehead atoms. The molecule has 0 saturated heterocycles. The van der Waals surface area contributed by atoms with Gasteiger partial charge in [0.15, 0.2) is 0 Å². The van der Waals surface area contributed by atoms with E-state index < -0.39 is 0 Å². The zero-order valence-corrected chi connectivity index (χ0v) is 11.7. The zero-order valence-electron chi connectivity index (χ0n) is 11.7. The highest BCUT2D eigenvalue weighted by molar-refractivity contribution is 5.95. The van der Waals surface area contributed by atoms with E-state index in [1.165, 1.54) is 32.1 Å². The van der Waals surface area contributed by atoms with E-state index in [1.807, 2.05) is 12.1 Å². The Morgan fingerprint density at radius 1 is 1.42 bits per heavy atom. The second-order valence-corrected chi connectivity index (χ2v) is 5.54. The fourth-order valence-corrected chi connectivity index (χ4v) is 2.97. The summed E-state index contributed by atoms with van der Waals surface area (Å²) in [4.78, 5) is 12.2. The molecular weight excluding hydrogens is 236 g/mol. The molecule has 1 aromatic carbocycles. The molecule has 104 valence electrons. The van der Waals surface area contributed by atoms with Crippen LogP contribution >= 0.6 is 0 Å². The van der Waals surface area contributed by atoms with Crippen molar-refractivity contribution in [3.63, 3.8) is 0 Å². The molecule has 2 rings (SSSR count). The summed E-state index contributed by atoms with van der Waals surface area (Å²) < 4.78 is 0. The van der Waals surface area contributed by atoms with E-state index in [1.54, 1.807) is 12.1 Å². The van der Waals surface area contributed by atoms with E-state index in [2.05, 4.69) is 12.2 Å². The Kier molecular flexibility index (Phi) is 4.83. The number of nitrogens with two attached hydrogens (primary N) is 1. The molecule has 3 heteroatoms. The van der Waals surface area contributed by atoms with E-state index in [0.717, 1.165) is 6.42 Å². The van der Waals surface area contributed by atoms with Gasteiger partial charge < -0.3 is 11.1 Å². The second kappa shape index (κ2) is 6.60. The first-order valence-corrected chi connectivity index (χ1v) is 7.37. The molecule has 0 aliphatic heterocycles. The van der Waals surface area contributed by atoms with Crippen molar-refractivity contribution >= 4 is 11.6 Å². The molecule has 3 nitrogen and oxygen atoms in total. The fraction of sp³-hybridized carbons (Fsp3) is 0.562. The van der Waals surface area contributed by atoms with Gasteiger partial charge in [0.1, 0.15) is 0 Å². The highest BCUT2D eigenvalue weighted by atomic mass is 16.1. The third kappa shape index (κ3) is 3.72. The van der Waals surface area contributed by atoms with Crippen LogP contribution in [0, 0.1) is 5.92 Å². The van der Waals surface area contributed by atoms with Gasteiger partial charge >= 0.3 is 0 Å². The molecule has 2 unspecified atom stereocenters. The molecule has 1 saturated carbocycles. The number of amides is 1. The summed E-state index contributed by atoms with van der Waals surface area (Å²) in [5.74, 6) is 0.672. The lowest BCUT2D eigenvalue weighted by molar-refractivity contribution is 0.0926. The molecule has 1 aliphatic carbocycles. The summed E-state index contributed by atoms with van der Waals surface area (Å²) in [6, 6.07) is 7.54. The van der Waals surface area contributed by atoms with Crippen LogP contribution in [0.2, 0.25) is 0 Å². The highest BCUT2D eigenvalue weighted by Crippen LogP contribution is 2.30. The third-order valence-electron chi connectivity index (χ3n) is 4.05. The molecule has 0 radical (unpaired) electrons. The van der Waals surface area contributed by atoms with Crippen LogP contribution in [-0.2, 0) is 0 Å². The van der Waals surface area contributed by atoms with Crippen LogP contribution in [0.1, 0.15) is 55.8 Å². The minimum absolute atomic E-state index is 0.0145. The van der Waals surface area contributed by atoms with Crippen LogP contribution in [-0.4, -0.2) is 11.9 Å². The minimum atomic E-state index is 0.0145. The average molecular weight is 260 g/mol. The van der Waals surface area contributed by atoms with Crippen LogP contribution in [0.15, 0.2) is 24.3 Å². The normalized spacial score (nSPS) is 22.4. The Labute approximate surface area is 115 Å². The molecule has 2 atom stereocenters. The predicted octanol–water partition coefficient (Wildman–Crippen LogP) is 3.36. The number of nitrogens with one attached hydrogen (secondary N) is 1. The Morgan fingerprint density at radius 2 is 2.26 bits per heavy atom. The zero-order chi connectivity index (χ0) is 13.7. The molecule has 1 fully saturated rings. The van der Waals surface area contributed by atoms with Gasteiger partial charge in [-0.15, -0.1) is 0 Å². The number of hydrogen-bond acceptors (Lipinski definition) is 2. The number of rotatable bonds is 5. The molecule has 0 heterocycles. The molecule has 0 aromatic heterocycles. The van der Waals surface area contributed by atoms with Crippen molar-refractivity contribution in [2.75, 3.05) is 5.73 Å². The number of nitrogen functional groups attached to an aromatic ring is 1. The van der Waals surface area contributed by atoms with Crippen molar-refractivity contribution in [1.29, 1.82) is 0 Å². The molecule has 1 amide bonds. The standard InChI is InChI=1S/C16H24N2O/c1-2-3-6-12-7-5-10-15(12)18-16(19)13-8-4-9-14(17)11-13/h4,8-9,11-12,15H,2-3,5-7,10,17H2,1H3,(H,18,19). The lowest BCUT2D eigenvalue weighted by atomic mass is 9.96. The van der Waals surface area contributed by atoms with Crippen molar-refractivity contribution in [3.8, 4) is 0 Å². The molecule has 0 spiro atoms. The number of unbranched alkanes of at least 4 members (excludes halogenated alkanes) is 1. The number of benzene rings is 1. The van der Waals surface area contributed by atoms with Gasteiger partial charge in [0.25, 0.3) is 5.91 Å². The summed E-state index contributed by atoms with van der Waals surface area (Å²) in [5.41, 5.74) is 7.03. The first-order valence-electron chi connectivity index (χ1n) is 7.37. The summed E-state index contributed by atoms with van der Waals surface area (Å²) >= 11 is 0. The van der Waals surface area contributed by atoms with E-state index in [-0.39, 0.29) is 5.91 Å². The van der Waals surface area contributed by atoms with Crippen LogP contribution in [0.25, 0.3) is 0 Å². The van der Waals surface area contributed by atoms with Crippen LogP contribution in [0.5, 0.6) is 0 Å². The first kappa shape index (κ1) is 13.9. The van der Waals surface area contributed by atoms with Gasteiger partial charge in [-0.3, -0.25) is 4.79 Å². The van der Waals surface area contributed by atoms with Gasteiger partial charge in [-0.1, -0.05) is 32.3 Å². The summed E-state index contributed by atoms with van der Waals surface area (Å²) in [5, 5.41) is 3.19. The average Bonchev–Trinajstić information content (AvgIpc) is 2.83. The van der Waals surface area contributed by atoms with Crippen molar-refractivity contribution in [1.82, 2.24) is 5.32 Å². The third-order valence-corrected chi connectivity index (χ3v) is 4.05. The van der Waals surface area contributed by atoms with Gasteiger partial charge in [-0.2, -0.15) is 0 Å². The minimum Gasteiger partial charge on any atom is -0.399 e. The second-order valence-electron chi connectivity index (χ2n) is 5.54. The number of carbonyl (C=O) groups excluding carboxylic acids is 1. The largest absolute Gasteiger partial charge is 0.399 e. The van der Waals surface area contributed by atoms with Crippen molar-refractivity contribution in [3.05, 3.63) is 29.8 Å². The Bertz CT molecular complexity index is 431. The predicted molar refractivity (Wildman–Crippen MR) is 79.0 cm³/mol. The van der Waals surface area contributed by atoms with Crippen LogP contribution in [0.4, 0.5) is 5.69 Å². The van der Waals surface area contributed by atoms with E-state index in [4.69, 9.17) is 5.73 Å². The lowest BCUT2D eigenvalue weighted by Crippen LogP contribution is -2.37. The van der Waals surface area contributed by atoms with Crippen LogP contribution < -0.4 is 11.1 Å². The maximum Gasteiger partial charge on any atom is 0.251 e. The Hall–Kier alpha value is -1.51. The smallest absolute Gasteiger partial charge is 0.251 e. The first-order chi connectivity index (χ1) is 9.20. The van der Waals surface area contributed by atoms with Crippen molar-refractivity contribution in [2.24, 2.45) is 5.92 Å². The number of hydrogen-bond donors (Lipinski definition) is 2. The topological polar surface area (TPSA) is 55.1 Å². The van der Waals surface area contributed by atoms with Crippen molar-refractivity contribution < 1.29 is 4.79 Å². The van der Waals surface area contributed by atoms with E-state index in [9.17, 15) is 4.79 Å². The SMILES string of the molecule is CCCCC1CCCC1NC(=O)c1cccc(N)c1. The summed E-state index contributed by atoms with van der Waals surface area (Å²) in [6.45, 7) is 2.22.